The molecule has 0 amide bonds. The topological polar surface area (TPSA) is 18.5 Å². The molecule has 23 heavy (non-hydrogen) atoms. The fourth-order valence-electron chi connectivity index (χ4n) is 2.34. The van der Waals surface area contributed by atoms with Crippen LogP contribution in [-0.4, -0.2) is 13.7 Å². The van der Waals surface area contributed by atoms with Crippen molar-refractivity contribution >= 4 is 0 Å². The van der Waals surface area contributed by atoms with Gasteiger partial charge >= 0.3 is 0 Å². The van der Waals surface area contributed by atoms with E-state index in [1.165, 1.54) is 17.7 Å². The number of benzene rings is 2. The van der Waals surface area contributed by atoms with Crippen LogP contribution in [0.3, 0.4) is 0 Å². The Kier molecular flexibility index (Phi) is 5.97. The Bertz CT molecular complexity index is 624. The van der Waals surface area contributed by atoms with E-state index in [1.807, 2.05) is 24.3 Å². The molecule has 2 rings (SSSR count). The van der Waals surface area contributed by atoms with E-state index in [0.29, 0.717) is 12.5 Å². The lowest BCUT2D eigenvalue weighted by Crippen LogP contribution is -2.20. The minimum Gasteiger partial charge on any atom is -0.497 e. The maximum absolute atomic E-state index is 13.6. The van der Waals surface area contributed by atoms with Gasteiger partial charge in [-0.3, -0.25) is 0 Å². The molecule has 0 aliphatic carbocycles. The van der Waals surface area contributed by atoms with Crippen LogP contribution in [0.5, 0.6) is 11.5 Å². The van der Waals surface area contributed by atoms with Gasteiger partial charge in [0.15, 0.2) is 11.6 Å². The first kappa shape index (κ1) is 17.3. The molecule has 0 bridgehead atoms. The van der Waals surface area contributed by atoms with E-state index in [4.69, 9.17) is 9.47 Å². The second kappa shape index (κ2) is 7.95. The van der Waals surface area contributed by atoms with Crippen molar-refractivity contribution in [3.05, 3.63) is 59.7 Å². The number of halogens is 2. The second-order valence-electron chi connectivity index (χ2n) is 5.94. The predicted molar refractivity (Wildman–Crippen MR) is 86.9 cm³/mol. The third-order valence-corrected chi connectivity index (χ3v) is 3.95. The molecule has 0 heterocycles. The minimum absolute atomic E-state index is 0.0896. The fraction of sp³-hybridized carbons (Fsp3) is 0.368. The summed E-state index contributed by atoms with van der Waals surface area (Å²) in [6.45, 7) is 4.60. The van der Waals surface area contributed by atoms with Gasteiger partial charge in [-0.05, 0) is 48.1 Å². The van der Waals surface area contributed by atoms with Crippen molar-refractivity contribution in [2.45, 2.75) is 20.3 Å². The van der Waals surface area contributed by atoms with Crippen molar-refractivity contribution in [3.8, 4) is 11.5 Å². The third kappa shape index (κ3) is 4.95. The summed E-state index contributed by atoms with van der Waals surface area (Å²) in [5.41, 5.74) is 1.17. The van der Waals surface area contributed by atoms with E-state index >= 15 is 0 Å². The molecule has 124 valence electrons. The van der Waals surface area contributed by atoms with Crippen molar-refractivity contribution in [1.82, 2.24) is 0 Å². The highest BCUT2D eigenvalue weighted by Crippen LogP contribution is 2.23. The molecule has 2 nitrogen and oxygen atoms in total. The summed E-state index contributed by atoms with van der Waals surface area (Å²) < 4.78 is 37.3. The van der Waals surface area contributed by atoms with Gasteiger partial charge in [0.1, 0.15) is 11.6 Å². The molecule has 0 fully saturated rings. The van der Waals surface area contributed by atoms with Crippen LogP contribution in [0, 0.1) is 23.5 Å². The van der Waals surface area contributed by atoms with Gasteiger partial charge in [0.05, 0.1) is 13.7 Å². The van der Waals surface area contributed by atoms with Gasteiger partial charge in [0, 0.05) is 6.07 Å². The summed E-state index contributed by atoms with van der Waals surface area (Å²) in [7, 11) is 1.64. The van der Waals surface area contributed by atoms with Gasteiger partial charge < -0.3 is 9.47 Å². The van der Waals surface area contributed by atoms with E-state index in [-0.39, 0.29) is 11.7 Å². The van der Waals surface area contributed by atoms with Crippen LogP contribution in [0.2, 0.25) is 0 Å². The summed E-state index contributed by atoms with van der Waals surface area (Å²) in [5, 5.41) is 0. The Morgan fingerprint density at radius 1 is 1.00 bits per heavy atom. The largest absolute Gasteiger partial charge is 0.497 e. The van der Waals surface area contributed by atoms with E-state index in [2.05, 4.69) is 13.8 Å². The van der Waals surface area contributed by atoms with Crippen molar-refractivity contribution < 1.29 is 18.3 Å². The number of hydrogen-bond donors (Lipinski definition) is 0. The Balaban J connectivity index is 2.00. The third-order valence-electron chi connectivity index (χ3n) is 3.95. The first-order chi connectivity index (χ1) is 11.0. The lowest BCUT2D eigenvalue weighted by Gasteiger charge is -2.21. The highest BCUT2D eigenvalue weighted by Gasteiger charge is 2.16. The summed E-state index contributed by atoms with van der Waals surface area (Å²) in [6, 6.07) is 11.3. The highest BCUT2D eigenvalue weighted by atomic mass is 19.1. The Morgan fingerprint density at radius 3 is 2.26 bits per heavy atom. The molecule has 0 aromatic heterocycles. The Morgan fingerprint density at radius 2 is 1.70 bits per heavy atom. The zero-order chi connectivity index (χ0) is 16.8. The van der Waals surface area contributed by atoms with Gasteiger partial charge in [0.25, 0.3) is 0 Å². The molecule has 0 spiro atoms. The molecule has 0 saturated heterocycles. The zero-order valence-electron chi connectivity index (χ0n) is 13.7. The molecule has 0 radical (unpaired) electrons. The lowest BCUT2D eigenvalue weighted by atomic mass is 9.90. The van der Waals surface area contributed by atoms with E-state index in [9.17, 15) is 8.78 Å². The average molecular weight is 320 g/mol. The first-order valence-electron chi connectivity index (χ1n) is 7.70. The fourth-order valence-corrected chi connectivity index (χ4v) is 2.34. The SMILES string of the molecule is COc1ccc(C[C@H](COc2ccc(F)cc2F)C(C)C)cc1. The van der Waals surface area contributed by atoms with Gasteiger partial charge in [-0.25, -0.2) is 8.78 Å². The summed E-state index contributed by atoms with van der Waals surface area (Å²) >= 11 is 0. The number of ether oxygens (including phenoxy) is 2. The van der Waals surface area contributed by atoms with Crippen LogP contribution in [0.25, 0.3) is 0 Å². The molecular weight excluding hydrogens is 298 g/mol. The molecule has 2 aromatic carbocycles. The van der Waals surface area contributed by atoms with E-state index in [0.717, 1.165) is 18.2 Å². The predicted octanol–water partition coefficient (Wildman–Crippen LogP) is 4.87. The Hall–Kier alpha value is -2.10. The lowest BCUT2D eigenvalue weighted by molar-refractivity contribution is 0.201. The van der Waals surface area contributed by atoms with Crippen LogP contribution < -0.4 is 9.47 Å². The minimum atomic E-state index is -0.669. The van der Waals surface area contributed by atoms with Crippen molar-refractivity contribution in [1.29, 1.82) is 0 Å². The monoisotopic (exact) mass is 320 g/mol. The van der Waals surface area contributed by atoms with Gasteiger partial charge in [-0.15, -0.1) is 0 Å². The number of hydrogen-bond acceptors (Lipinski definition) is 2. The second-order valence-corrected chi connectivity index (χ2v) is 5.94. The summed E-state index contributed by atoms with van der Waals surface area (Å²) in [5.74, 6) is 0.241. The van der Waals surface area contributed by atoms with Crippen LogP contribution >= 0.6 is 0 Å². The number of methoxy groups -OCH3 is 1. The molecule has 2 aromatic rings. The van der Waals surface area contributed by atoms with Gasteiger partial charge in [-0.1, -0.05) is 26.0 Å². The molecular formula is C19H22F2O2. The van der Waals surface area contributed by atoms with Gasteiger partial charge in [0.2, 0.25) is 0 Å². The van der Waals surface area contributed by atoms with E-state index in [1.54, 1.807) is 7.11 Å². The molecule has 0 aliphatic rings. The highest BCUT2D eigenvalue weighted by molar-refractivity contribution is 5.28. The maximum atomic E-state index is 13.6. The normalized spacial score (nSPS) is 12.3. The van der Waals surface area contributed by atoms with Crippen LogP contribution in [-0.2, 0) is 6.42 Å². The van der Waals surface area contributed by atoms with Crippen LogP contribution in [0.4, 0.5) is 8.78 Å². The van der Waals surface area contributed by atoms with Crippen molar-refractivity contribution in [2.24, 2.45) is 11.8 Å². The molecule has 0 aliphatic heterocycles. The summed E-state index contributed by atoms with van der Waals surface area (Å²) in [4.78, 5) is 0. The molecule has 0 unspecified atom stereocenters. The molecule has 1 atom stereocenters. The zero-order valence-corrected chi connectivity index (χ0v) is 13.7. The molecule has 4 heteroatoms. The smallest absolute Gasteiger partial charge is 0.167 e. The van der Waals surface area contributed by atoms with Crippen molar-refractivity contribution in [3.63, 3.8) is 0 Å². The van der Waals surface area contributed by atoms with E-state index < -0.39 is 11.6 Å². The summed E-state index contributed by atoms with van der Waals surface area (Å²) in [6.07, 6.45) is 0.824. The van der Waals surface area contributed by atoms with Crippen LogP contribution in [0.1, 0.15) is 19.4 Å². The van der Waals surface area contributed by atoms with Gasteiger partial charge in [-0.2, -0.15) is 0 Å². The molecule has 0 saturated carbocycles. The first-order valence-corrected chi connectivity index (χ1v) is 7.70. The quantitative estimate of drug-likeness (QED) is 0.725. The maximum Gasteiger partial charge on any atom is 0.167 e. The average Bonchev–Trinajstić information content (AvgIpc) is 2.53. The van der Waals surface area contributed by atoms with Crippen molar-refractivity contribution in [2.75, 3.05) is 13.7 Å². The van der Waals surface area contributed by atoms with Crippen LogP contribution in [0.15, 0.2) is 42.5 Å². The molecule has 0 N–H and O–H groups in total. The number of rotatable bonds is 7. The Labute approximate surface area is 136 Å². The standard InChI is InChI=1S/C19H22F2O2/c1-13(2)15(10-14-4-7-17(22-3)8-5-14)12-23-19-9-6-16(20)11-18(19)21/h4-9,11,13,15H,10,12H2,1-3H3/t15-/m1/s1.